The summed E-state index contributed by atoms with van der Waals surface area (Å²) in [6.45, 7) is 2.75. The standard InChI is InChI=1S/C24H20O3S.C6H13NO.2H2O.H2/c25-23(24(10-11-24)19-6-9-21-22(14-19)27-15-26-21)13-16-2-1-3-18(12-16)17-4-7-20(28)8-5-17;8-5-6-2-1-3-7-4-6;;;/h1-9,12,14,28H,10-11,13,15H2;6-8H,1-5H2;2*1H2;1H. The first-order valence-corrected chi connectivity index (χ1v) is 13.2. The molecule has 2 heterocycles. The van der Waals surface area contributed by atoms with E-state index in [-0.39, 0.29) is 30.4 Å². The van der Waals surface area contributed by atoms with Crippen molar-refractivity contribution in [2.24, 2.45) is 5.92 Å². The van der Waals surface area contributed by atoms with Gasteiger partial charge >= 0.3 is 0 Å². The predicted octanol–water partition coefficient (Wildman–Crippen LogP) is 3.79. The molecule has 206 valence electrons. The van der Waals surface area contributed by atoms with E-state index in [1.165, 1.54) is 12.8 Å². The molecule has 7 nitrogen and oxygen atoms in total. The molecule has 38 heavy (non-hydrogen) atoms. The summed E-state index contributed by atoms with van der Waals surface area (Å²) in [4.78, 5) is 14.1. The molecule has 6 rings (SSSR count). The summed E-state index contributed by atoms with van der Waals surface area (Å²) >= 11 is 4.35. The number of hydrogen-bond acceptors (Lipinski definition) is 6. The summed E-state index contributed by atoms with van der Waals surface area (Å²) in [5.41, 5.74) is 3.97. The number of aliphatic hydroxyl groups is 1. The Labute approximate surface area is 230 Å². The van der Waals surface area contributed by atoms with Gasteiger partial charge in [0.1, 0.15) is 5.78 Å². The Hall–Kier alpha value is -2.88. The van der Waals surface area contributed by atoms with Gasteiger partial charge in [0.05, 0.1) is 5.41 Å². The predicted molar refractivity (Wildman–Crippen MR) is 153 cm³/mol. The average molecular weight is 542 g/mol. The fourth-order valence-corrected chi connectivity index (χ4v) is 5.15. The lowest BCUT2D eigenvalue weighted by Crippen LogP contribution is -2.31. The van der Waals surface area contributed by atoms with Crippen molar-refractivity contribution < 1.29 is 31.8 Å². The average Bonchev–Trinajstić information content (AvgIpc) is 3.61. The maximum absolute atomic E-state index is 13.2. The van der Waals surface area contributed by atoms with Gasteiger partial charge in [-0.3, -0.25) is 4.79 Å². The fourth-order valence-electron chi connectivity index (χ4n) is 5.00. The molecule has 1 aliphatic carbocycles. The lowest BCUT2D eigenvalue weighted by Gasteiger charge is -2.19. The molecule has 0 bridgehead atoms. The third kappa shape index (κ3) is 6.76. The Bertz CT molecular complexity index is 1210. The zero-order valence-electron chi connectivity index (χ0n) is 21.4. The minimum absolute atomic E-state index is 0. The summed E-state index contributed by atoms with van der Waals surface area (Å²) in [5, 5.41) is 11.9. The van der Waals surface area contributed by atoms with Crippen LogP contribution in [0.1, 0.15) is 38.2 Å². The van der Waals surface area contributed by atoms with Gasteiger partial charge in [0, 0.05) is 25.9 Å². The Morgan fingerprint density at radius 2 is 1.76 bits per heavy atom. The molecule has 0 aromatic heterocycles. The van der Waals surface area contributed by atoms with Crippen LogP contribution in [0.3, 0.4) is 0 Å². The Morgan fingerprint density at radius 3 is 2.42 bits per heavy atom. The molecular formula is C30H39NO6S. The van der Waals surface area contributed by atoms with Gasteiger partial charge in [0.15, 0.2) is 11.5 Å². The molecule has 3 aromatic rings. The lowest BCUT2D eigenvalue weighted by atomic mass is 9.87. The molecule has 0 spiro atoms. The molecule has 2 aliphatic heterocycles. The highest BCUT2D eigenvalue weighted by atomic mass is 32.1. The van der Waals surface area contributed by atoms with Crippen molar-refractivity contribution in [3.8, 4) is 22.6 Å². The number of rotatable bonds is 6. The van der Waals surface area contributed by atoms with E-state index in [4.69, 9.17) is 14.6 Å². The molecule has 1 saturated heterocycles. The number of carbonyl (C=O) groups is 1. The third-order valence-electron chi connectivity index (χ3n) is 7.36. The van der Waals surface area contributed by atoms with Crippen molar-refractivity contribution in [1.29, 1.82) is 0 Å². The number of aliphatic hydroxyl groups excluding tert-OH is 1. The number of hydrogen-bond donors (Lipinski definition) is 3. The number of carbonyl (C=O) groups excluding carboxylic acids is 1. The van der Waals surface area contributed by atoms with E-state index in [9.17, 15) is 4.79 Å². The number of fused-ring (bicyclic) bond motifs is 1. The number of ether oxygens (including phenoxy) is 2. The second-order valence-electron chi connectivity index (χ2n) is 9.89. The quantitative estimate of drug-likeness (QED) is 0.409. The zero-order chi connectivity index (χ0) is 25.0. The van der Waals surface area contributed by atoms with E-state index in [1.807, 2.05) is 42.5 Å². The van der Waals surface area contributed by atoms with Crippen molar-refractivity contribution in [1.82, 2.24) is 5.32 Å². The smallest absolute Gasteiger partial charge is 0.231 e. The van der Waals surface area contributed by atoms with Crippen molar-refractivity contribution in [2.45, 2.75) is 42.4 Å². The highest BCUT2D eigenvalue weighted by molar-refractivity contribution is 7.80. The van der Waals surface area contributed by atoms with Gasteiger partial charge in [-0.05, 0) is 84.7 Å². The molecule has 3 aromatic carbocycles. The van der Waals surface area contributed by atoms with Gasteiger partial charge in [0.2, 0.25) is 6.79 Å². The number of thiol groups is 1. The largest absolute Gasteiger partial charge is 0.454 e. The highest BCUT2D eigenvalue weighted by Gasteiger charge is 2.50. The summed E-state index contributed by atoms with van der Waals surface area (Å²) in [5.74, 6) is 2.30. The van der Waals surface area contributed by atoms with E-state index in [2.05, 4.69) is 42.2 Å². The van der Waals surface area contributed by atoms with Crippen LogP contribution in [0.2, 0.25) is 0 Å². The molecule has 1 unspecified atom stereocenters. The molecule has 1 saturated carbocycles. The van der Waals surface area contributed by atoms with Crippen molar-refractivity contribution in [3.63, 3.8) is 0 Å². The molecule has 3 aliphatic rings. The van der Waals surface area contributed by atoms with E-state index in [1.54, 1.807) is 0 Å². The van der Waals surface area contributed by atoms with E-state index in [0.717, 1.165) is 64.6 Å². The van der Waals surface area contributed by atoms with Crippen LogP contribution < -0.4 is 14.8 Å². The Balaban J connectivity index is 0.000000422. The maximum Gasteiger partial charge on any atom is 0.231 e. The molecule has 1 atom stereocenters. The second kappa shape index (κ2) is 13.3. The van der Waals surface area contributed by atoms with Crippen LogP contribution in [0.4, 0.5) is 0 Å². The normalized spacial score (nSPS) is 18.2. The lowest BCUT2D eigenvalue weighted by molar-refractivity contribution is -0.120. The van der Waals surface area contributed by atoms with Crippen molar-refractivity contribution >= 4 is 18.4 Å². The molecular weight excluding hydrogens is 502 g/mol. The SMILES string of the molecule is O.O.O=C(Cc1cccc(-c2ccc(S)cc2)c1)C1(c2ccc3c(c2)OCO3)CC1.OCC1CCCNC1.[HH]. The molecule has 6 N–H and O–H groups in total. The number of piperidine rings is 1. The van der Waals surface area contributed by atoms with Crippen LogP contribution in [0, 0.1) is 5.92 Å². The first-order valence-electron chi connectivity index (χ1n) is 12.7. The summed E-state index contributed by atoms with van der Waals surface area (Å²) in [6.07, 6.45) is 4.66. The summed E-state index contributed by atoms with van der Waals surface area (Å²) < 4.78 is 10.9. The highest BCUT2D eigenvalue weighted by Crippen LogP contribution is 2.51. The van der Waals surface area contributed by atoms with Crippen molar-refractivity contribution in [3.05, 3.63) is 77.9 Å². The van der Waals surface area contributed by atoms with Crippen molar-refractivity contribution in [2.75, 3.05) is 26.5 Å². The first-order chi connectivity index (χ1) is 17.6. The van der Waals surface area contributed by atoms with Crippen LogP contribution in [0.25, 0.3) is 11.1 Å². The summed E-state index contributed by atoms with van der Waals surface area (Å²) in [6, 6.07) is 22.2. The van der Waals surface area contributed by atoms with Gasteiger partial charge in [-0.25, -0.2) is 0 Å². The monoisotopic (exact) mass is 541 g/mol. The van der Waals surface area contributed by atoms with Gasteiger partial charge in [-0.1, -0.05) is 42.5 Å². The minimum atomic E-state index is -0.370. The minimum Gasteiger partial charge on any atom is -0.454 e. The second-order valence-corrected chi connectivity index (χ2v) is 10.4. The zero-order valence-corrected chi connectivity index (χ0v) is 22.3. The van der Waals surface area contributed by atoms with E-state index >= 15 is 0 Å². The van der Waals surface area contributed by atoms with Gasteiger partial charge in [0.25, 0.3) is 0 Å². The molecule has 0 radical (unpaired) electrons. The van der Waals surface area contributed by atoms with Crippen LogP contribution in [0.15, 0.2) is 71.6 Å². The van der Waals surface area contributed by atoms with Crippen LogP contribution in [-0.4, -0.2) is 48.3 Å². The Kier molecular flexibility index (Phi) is 10.4. The number of benzene rings is 3. The summed E-state index contributed by atoms with van der Waals surface area (Å²) in [7, 11) is 0. The topological polar surface area (TPSA) is 131 Å². The first kappa shape index (κ1) is 29.7. The molecule has 8 heteroatoms. The van der Waals surface area contributed by atoms with Crippen LogP contribution in [0.5, 0.6) is 11.5 Å². The maximum atomic E-state index is 13.2. The number of nitrogens with one attached hydrogen (secondary N) is 1. The fraction of sp³-hybridized carbons (Fsp3) is 0.367. The molecule has 2 fully saturated rings. The third-order valence-corrected chi connectivity index (χ3v) is 7.66. The van der Waals surface area contributed by atoms with Gasteiger partial charge in [-0.2, -0.15) is 0 Å². The van der Waals surface area contributed by atoms with Crippen LogP contribution >= 0.6 is 12.6 Å². The van der Waals surface area contributed by atoms with Gasteiger partial charge in [-0.15, -0.1) is 12.6 Å². The number of Topliss-reactive ketones (excluding diaryl/α,β-unsaturated/α-hetero) is 1. The van der Waals surface area contributed by atoms with Gasteiger partial charge < -0.3 is 30.8 Å². The molecule has 0 amide bonds. The van der Waals surface area contributed by atoms with Crippen LogP contribution in [-0.2, 0) is 16.6 Å². The number of ketones is 1. The van der Waals surface area contributed by atoms with E-state index < -0.39 is 0 Å². The Morgan fingerprint density at radius 1 is 1.00 bits per heavy atom. The van der Waals surface area contributed by atoms with E-state index in [0.29, 0.717) is 18.9 Å².